The summed E-state index contributed by atoms with van der Waals surface area (Å²) >= 11 is 0. The second-order valence-electron chi connectivity index (χ2n) is 6.89. The zero-order chi connectivity index (χ0) is 19.5. The molecular formula is C21H21N3O4. The number of oxazole rings is 1. The molecule has 2 aromatic carbocycles. The first-order valence-electron chi connectivity index (χ1n) is 9.26. The molecule has 1 aromatic heterocycles. The molecule has 1 fully saturated rings. The molecule has 1 atom stereocenters. The highest BCUT2D eigenvalue weighted by molar-refractivity contribution is 5.89. The van der Waals surface area contributed by atoms with E-state index in [0.717, 1.165) is 30.6 Å². The Morgan fingerprint density at radius 1 is 1.18 bits per heavy atom. The number of primary amides is 1. The smallest absolute Gasteiger partial charge is 0.338 e. The number of anilines is 1. The van der Waals surface area contributed by atoms with Crippen molar-refractivity contribution < 1.29 is 18.7 Å². The zero-order valence-corrected chi connectivity index (χ0v) is 15.3. The Morgan fingerprint density at radius 2 is 1.96 bits per heavy atom. The Kier molecular flexibility index (Phi) is 4.97. The predicted molar refractivity (Wildman–Crippen MR) is 104 cm³/mol. The molecule has 0 aliphatic carbocycles. The van der Waals surface area contributed by atoms with E-state index in [1.54, 1.807) is 12.1 Å². The van der Waals surface area contributed by atoms with Gasteiger partial charge in [-0.1, -0.05) is 12.1 Å². The van der Waals surface area contributed by atoms with Crippen molar-refractivity contribution in [2.45, 2.75) is 19.4 Å². The number of carbonyl (C=O) groups is 2. The molecular weight excluding hydrogens is 358 g/mol. The van der Waals surface area contributed by atoms with Gasteiger partial charge in [-0.25, -0.2) is 9.78 Å². The van der Waals surface area contributed by atoms with Crippen LogP contribution < -0.4 is 10.6 Å². The number of esters is 1. The summed E-state index contributed by atoms with van der Waals surface area (Å²) in [7, 11) is 0. The fourth-order valence-electron chi connectivity index (χ4n) is 3.44. The first-order chi connectivity index (χ1) is 13.6. The maximum atomic E-state index is 12.3. The second kappa shape index (κ2) is 7.72. The molecule has 3 aromatic rings. The molecule has 144 valence electrons. The summed E-state index contributed by atoms with van der Waals surface area (Å²) in [6.45, 7) is 1.45. The molecule has 7 nitrogen and oxygen atoms in total. The highest BCUT2D eigenvalue weighted by Gasteiger charge is 2.24. The Balaban J connectivity index is 1.37. The summed E-state index contributed by atoms with van der Waals surface area (Å²) in [6.07, 6.45) is 1.74. The van der Waals surface area contributed by atoms with Gasteiger partial charge in [-0.15, -0.1) is 0 Å². The minimum atomic E-state index is -0.442. The highest BCUT2D eigenvalue weighted by atomic mass is 16.5. The van der Waals surface area contributed by atoms with Crippen LogP contribution in [-0.4, -0.2) is 29.9 Å². The van der Waals surface area contributed by atoms with Gasteiger partial charge in [-0.05, 0) is 49.2 Å². The van der Waals surface area contributed by atoms with Crippen molar-refractivity contribution >= 4 is 28.7 Å². The number of hydrogen-bond donors (Lipinski definition) is 1. The number of nitrogens with two attached hydrogens (primary N) is 1. The summed E-state index contributed by atoms with van der Waals surface area (Å²) in [5.41, 5.74) is 8.24. The van der Waals surface area contributed by atoms with Crippen LogP contribution in [0.15, 0.2) is 52.9 Å². The number of rotatable bonds is 5. The van der Waals surface area contributed by atoms with E-state index in [-0.39, 0.29) is 18.4 Å². The molecule has 1 amide bonds. The van der Waals surface area contributed by atoms with E-state index in [4.69, 9.17) is 14.9 Å². The molecule has 2 N–H and O–H groups in total. The van der Waals surface area contributed by atoms with Gasteiger partial charge in [0.1, 0.15) is 5.52 Å². The minimum absolute atomic E-state index is 0.0261. The lowest BCUT2D eigenvalue weighted by Gasteiger charge is -2.33. The zero-order valence-electron chi connectivity index (χ0n) is 15.3. The van der Waals surface area contributed by atoms with Gasteiger partial charge in [-0.2, -0.15) is 0 Å². The molecule has 1 aliphatic heterocycles. The largest absolute Gasteiger partial charge is 0.452 e. The monoisotopic (exact) mass is 379 g/mol. The van der Waals surface area contributed by atoms with Crippen LogP contribution in [0.4, 0.5) is 5.69 Å². The normalized spacial score (nSPS) is 16.9. The number of benzene rings is 2. The lowest BCUT2D eigenvalue weighted by atomic mass is 9.97. The van der Waals surface area contributed by atoms with Crippen LogP contribution in [0.3, 0.4) is 0 Å². The van der Waals surface area contributed by atoms with Gasteiger partial charge in [0.2, 0.25) is 11.8 Å². The van der Waals surface area contributed by atoms with Crippen LogP contribution in [0.5, 0.6) is 0 Å². The number of ether oxygens (including phenoxy) is 1. The molecule has 0 spiro atoms. The van der Waals surface area contributed by atoms with E-state index in [2.05, 4.69) is 9.88 Å². The summed E-state index contributed by atoms with van der Waals surface area (Å²) in [5, 5.41) is 0. The Labute approximate surface area is 162 Å². The first-order valence-corrected chi connectivity index (χ1v) is 9.26. The molecule has 4 rings (SSSR count). The van der Waals surface area contributed by atoms with Crippen LogP contribution in [0, 0.1) is 5.92 Å². The molecule has 1 unspecified atom stereocenters. The maximum absolute atomic E-state index is 12.3. The number of hydrogen-bond acceptors (Lipinski definition) is 6. The summed E-state index contributed by atoms with van der Waals surface area (Å²) in [5.74, 6) is -0.474. The van der Waals surface area contributed by atoms with Gasteiger partial charge >= 0.3 is 5.97 Å². The van der Waals surface area contributed by atoms with Crippen molar-refractivity contribution in [3.8, 4) is 0 Å². The molecule has 0 radical (unpaired) electrons. The minimum Gasteiger partial charge on any atom is -0.452 e. The fraction of sp³-hybridized carbons (Fsp3) is 0.286. The topological polar surface area (TPSA) is 98.7 Å². The highest BCUT2D eigenvalue weighted by Crippen LogP contribution is 2.24. The van der Waals surface area contributed by atoms with E-state index >= 15 is 0 Å². The third-order valence-corrected chi connectivity index (χ3v) is 4.96. The first kappa shape index (κ1) is 18.0. The summed E-state index contributed by atoms with van der Waals surface area (Å²) in [6, 6.07) is 14.5. The fourth-order valence-corrected chi connectivity index (χ4v) is 3.44. The van der Waals surface area contributed by atoms with E-state index in [9.17, 15) is 9.59 Å². The van der Waals surface area contributed by atoms with Crippen molar-refractivity contribution in [1.82, 2.24) is 4.98 Å². The van der Waals surface area contributed by atoms with Crippen molar-refractivity contribution in [1.29, 1.82) is 0 Å². The van der Waals surface area contributed by atoms with Gasteiger partial charge < -0.3 is 19.8 Å². The Bertz CT molecular complexity index is 963. The number of aromatic nitrogens is 1. The third kappa shape index (κ3) is 3.83. The quantitative estimate of drug-likeness (QED) is 0.685. The third-order valence-electron chi connectivity index (χ3n) is 4.96. The van der Waals surface area contributed by atoms with Gasteiger partial charge in [-0.3, -0.25) is 4.79 Å². The predicted octanol–water partition coefficient (Wildman–Crippen LogP) is 2.89. The molecule has 1 aliphatic rings. The van der Waals surface area contributed by atoms with Gasteiger partial charge in [0.15, 0.2) is 12.2 Å². The summed E-state index contributed by atoms with van der Waals surface area (Å²) in [4.78, 5) is 30.1. The van der Waals surface area contributed by atoms with E-state index < -0.39 is 5.97 Å². The maximum Gasteiger partial charge on any atom is 0.338 e. The standard InChI is InChI=1S/C21H21N3O4/c22-20(25)15-4-3-11-24(12-15)16-9-7-14(8-10-16)21(26)27-13-19-23-17-5-1-2-6-18(17)28-19/h1-2,5-10,15H,3-4,11-13H2,(H2,22,25). The Hall–Kier alpha value is -3.35. The molecule has 0 bridgehead atoms. The van der Waals surface area contributed by atoms with Crippen molar-refractivity contribution in [3.05, 3.63) is 60.0 Å². The number of nitrogens with zero attached hydrogens (tertiary/aromatic N) is 2. The molecule has 0 saturated carbocycles. The number of fused-ring (bicyclic) bond motifs is 1. The Morgan fingerprint density at radius 3 is 2.71 bits per heavy atom. The van der Waals surface area contributed by atoms with E-state index in [1.165, 1.54) is 0 Å². The number of carbonyl (C=O) groups excluding carboxylic acids is 2. The SMILES string of the molecule is NC(=O)C1CCCN(c2ccc(C(=O)OCc3nc4ccccc4o3)cc2)C1. The van der Waals surface area contributed by atoms with E-state index in [0.29, 0.717) is 23.6 Å². The molecule has 1 saturated heterocycles. The van der Waals surface area contributed by atoms with Crippen LogP contribution >= 0.6 is 0 Å². The lowest BCUT2D eigenvalue weighted by Crippen LogP contribution is -2.41. The second-order valence-corrected chi connectivity index (χ2v) is 6.89. The number of amides is 1. The number of piperidine rings is 1. The number of para-hydroxylation sites is 2. The van der Waals surface area contributed by atoms with E-state index in [1.807, 2.05) is 36.4 Å². The van der Waals surface area contributed by atoms with Crippen molar-refractivity contribution in [2.75, 3.05) is 18.0 Å². The van der Waals surface area contributed by atoms with Crippen molar-refractivity contribution in [3.63, 3.8) is 0 Å². The molecule has 28 heavy (non-hydrogen) atoms. The lowest BCUT2D eigenvalue weighted by molar-refractivity contribution is -0.122. The average Bonchev–Trinajstić information content (AvgIpc) is 3.15. The van der Waals surface area contributed by atoms with Gasteiger partial charge in [0.25, 0.3) is 0 Å². The van der Waals surface area contributed by atoms with Gasteiger partial charge in [0.05, 0.1) is 11.5 Å². The molecule has 7 heteroatoms. The van der Waals surface area contributed by atoms with Crippen molar-refractivity contribution in [2.24, 2.45) is 11.7 Å². The van der Waals surface area contributed by atoms with Crippen LogP contribution in [0.2, 0.25) is 0 Å². The van der Waals surface area contributed by atoms with Gasteiger partial charge in [0, 0.05) is 18.8 Å². The summed E-state index contributed by atoms with van der Waals surface area (Å²) < 4.78 is 10.9. The van der Waals surface area contributed by atoms with Crippen LogP contribution in [0.1, 0.15) is 29.1 Å². The van der Waals surface area contributed by atoms with Crippen LogP contribution in [0.25, 0.3) is 11.1 Å². The average molecular weight is 379 g/mol. The van der Waals surface area contributed by atoms with Crippen LogP contribution in [-0.2, 0) is 16.1 Å². The molecule has 2 heterocycles.